The summed E-state index contributed by atoms with van der Waals surface area (Å²) in [6.07, 6.45) is 44.1. The first-order chi connectivity index (χ1) is 26.5. The zero-order chi connectivity index (χ0) is 39.2. The lowest BCUT2D eigenvalue weighted by atomic mass is 10.1. The van der Waals surface area contributed by atoms with Gasteiger partial charge in [0.05, 0.1) is 25.7 Å². The predicted octanol–water partition coefficient (Wildman–Crippen LogP) is 10.6. The third-order valence-corrected chi connectivity index (χ3v) is 9.87. The second-order valence-corrected chi connectivity index (χ2v) is 15.0. The summed E-state index contributed by atoms with van der Waals surface area (Å²) >= 11 is 0. The minimum Gasteiger partial charge on any atom is -0.464 e. The first-order valence-corrected chi connectivity index (χ1v) is 22.1. The number of esters is 2. The van der Waals surface area contributed by atoms with Crippen LogP contribution in [0, 0.1) is 0 Å². The lowest BCUT2D eigenvalue weighted by Gasteiger charge is -2.25. The molecule has 0 aromatic heterocycles. The van der Waals surface area contributed by atoms with Crippen molar-refractivity contribution in [2.45, 2.75) is 180 Å². The molecule has 0 saturated carbocycles. The van der Waals surface area contributed by atoms with Crippen LogP contribution in [-0.2, 0) is 23.9 Å². The summed E-state index contributed by atoms with van der Waals surface area (Å²) in [6.45, 7) is 6.56. The Morgan fingerprint density at radius 3 is 1.41 bits per heavy atom. The van der Waals surface area contributed by atoms with Gasteiger partial charge in [-0.25, -0.2) is 0 Å². The number of hydrogen-bond acceptors (Lipinski definition) is 7. The number of rotatable bonds is 36. The number of ether oxygens (including phenoxy) is 2. The van der Waals surface area contributed by atoms with Crippen molar-refractivity contribution >= 4 is 17.8 Å². The van der Waals surface area contributed by atoms with Crippen LogP contribution < -0.4 is 0 Å². The molecule has 0 radical (unpaired) electrons. The number of carbonyl (C=O) groups excluding carboxylic acids is 3. The fourth-order valence-corrected chi connectivity index (χ4v) is 6.45. The van der Waals surface area contributed by atoms with Crippen LogP contribution in [0.2, 0.25) is 0 Å². The highest BCUT2D eigenvalue weighted by molar-refractivity contribution is 5.78. The van der Waals surface area contributed by atoms with Gasteiger partial charge in [-0.1, -0.05) is 127 Å². The molecule has 0 aliphatic carbocycles. The molecule has 8 nitrogen and oxygen atoms in total. The Bertz CT molecular complexity index is 974. The Morgan fingerprint density at radius 1 is 0.593 bits per heavy atom. The zero-order valence-corrected chi connectivity index (χ0v) is 34.7. The number of aliphatic hydroxyl groups is 1. The van der Waals surface area contributed by atoms with Crippen LogP contribution in [0.3, 0.4) is 0 Å². The van der Waals surface area contributed by atoms with Gasteiger partial charge in [-0.15, -0.1) is 0 Å². The molecule has 310 valence electrons. The third-order valence-electron chi connectivity index (χ3n) is 9.87. The lowest BCUT2D eigenvalue weighted by Crippen LogP contribution is -2.43. The van der Waals surface area contributed by atoms with Crippen LogP contribution in [0.5, 0.6) is 0 Å². The molecule has 1 heterocycles. The number of carbonyl (C=O) groups is 3. The van der Waals surface area contributed by atoms with Gasteiger partial charge in [0.2, 0.25) is 5.91 Å². The van der Waals surface area contributed by atoms with Crippen molar-refractivity contribution in [3.05, 3.63) is 48.6 Å². The van der Waals surface area contributed by atoms with Gasteiger partial charge < -0.3 is 19.5 Å². The van der Waals surface area contributed by atoms with Gasteiger partial charge in [-0.3, -0.25) is 19.3 Å². The number of β-amino-alcohol motifs (C(OH)–C–C–N with tert-alkyl or cyclic N) is 1. The van der Waals surface area contributed by atoms with E-state index < -0.39 is 6.10 Å². The molecule has 0 aromatic carbocycles. The summed E-state index contributed by atoms with van der Waals surface area (Å²) < 4.78 is 11.0. The third kappa shape index (κ3) is 31.6. The van der Waals surface area contributed by atoms with Gasteiger partial charge in [0.15, 0.2) is 0 Å². The second kappa shape index (κ2) is 37.2. The molecule has 1 amide bonds. The Balaban J connectivity index is 2.19. The highest BCUT2D eigenvalue weighted by Gasteiger charge is 2.24. The van der Waals surface area contributed by atoms with Crippen molar-refractivity contribution in [2.24, 2.45) is 0 Å². The van der Waals surface area contributed by atoms with Gasteiger partial charge in [0, 0.05) is 25.9 Å². The second-order valence-electron chi connectivity index (χ2n) is 15.0. The van der Waals surface area contributed by atoms with Crippen LogP contribution in [0.25, 0.3) is 0 Å². The fourth-order valence-electron chi connectivity index (χ4n) is 6.45. The van der Waals surface area contributed by atoms with Crippen LogP contribution in [0.1, 0.15) is 174 Å². The number of hydrogen-bond donors (Lipinski definition) is 1. The highest BCUT2D eigenvalue weighted by Crippen LogP contribution is 2.12. The Morgan fingerprint density at radius 2 is 1.00 bits per heavy atom. The Kier molecular flexibility index (Phi) is 34.0. The first kappa shape index (κ1) is 49.3. The fraction of sp³-hybridized carbons (Fsp3) is 0.761. The molecule has 1 N–H and O–H groups in total. The Hall–Kier alpha value is -2.71. The largest absolute Gasteiger partial charge is 0.464 e. The maximum Gasteiger partial charge on any atom is 0.305 e. The van der Waals surface area contributed by atoms with Gasteiger partial charge in [0.25, 0.3) is 0 Å². The van der Waals surface area contributed by atoms with Crippen molar-refractivity contribution in [3.8, 4) is 0 Å². The Labute approximate surface area is 330 Å². The summed E-state index contributed by atoms with van der Waals surface area (Å²) in [6, 6.07) is 0. The van der Waals surface area contributed by atoms with Crippen molar-refractivity contribution in [1.82, 2.24) is 9.80 Å². The quantitative estimate of drug-likeness (QED) is 0.0386. The van der Waals surface area contributed by atoms with E-state index in [1.54, 1.807) is 4.90 Å². The molecule has 1 fully saturated rings. The number of allylic oxidation sites excluding steroid dienone is 8. The summed E-state index contributed by atoms with van der Waals surface area (Å²) in [4.78, 5) is 41.4. The van der Waals surface area contributed by atoms with Crippen LogP contribution in [-0.4, -0.2) is 84.8 Å². The SMILES string of the molecule is CCCCC/C=C\C/C=C\CCCCCCCC(=O)OCCN(CCOC(=O)CCCCCCC/C=C\C/C=C\CCCCC)C(=O)CN1CC[C@@H](O)C1. The molecule has 0 aromatic rings. The normalized spacial score (nSPS) is 15.1. The van der Waals surface area contributed by atoms with Gasteiger partial charge in [-0.05, 0) is 83.5 Å². The van der Waals surface area contributed by atoms with E-state index in [1.165, 1.54) is 64.2 Å². The van der Waals surface area contributed by atoms with E-state index in [0.29, 0.717) is 32.4 Å². The average molecular weight is 757 g/mol. The number of unbranched alkanes of at least 4 members (excludes halogenated alkanes) is 16. The topological polar surface area (TPSA) is 96.4 Å². The van der Waals surface area contributed by atoms with Crippen molar-refractivity contribution in [1.29, 1.82) is 0 Å². The van der Waals surface area contributed by atoms with E-state index in [9.17, 15) is 19.5 Å². The van der Waals surface area contributed by atoms with Crippen LogP contribution in [0.15, 0.2) is 48.6 Å². The van der Waals surface area contributed by atoms with E-state index >= 15 is 0 Å². The van der Waals surface area contributed by atoms with E-state index in [-0.39, 0.29) is 50.7 Å². The molecule has 1 aliphatic rings. The van der Waals surface area contributed by atoms with Gasteiger partial charge in [0.1, 0.15) is 13.2 Å². The molecule has 0 spiro atoms. The number of amides is 1. The highest BCUT2D eigenvalue weighted by atomic mass is 16.5. The summed E-state index contributed by atoms with van der Waals surface area (Å²) in [7, 11) is 0. The zero-order valence-electron chi connectivity index (χ0n) is 34.7. The van der Waals surface area contributed by atoms with Crippen LogP contribution in [0.4, 0.5) is 0 Å². The molecule has 8 heteroatoms. The maximum absolute atomic E-state index is 13.1. The molecule has 1 atom stereocenters. The number of aliphatic hydroxyl groups excluding tert-OH is 1. The molecule has 1 rings (SSSR count). The minimum absolute atomic E-state index is 0.112. The predicted molar refractivity (Wildman–Crippen MR) is 224 cm³/mol. The van der Waals surface area contributed by atoms with E-state index in [0.717, 1.165) is 77.0 Å². The molecule has 54 heavy (non-hydrogen) atoms. The molecule has 1 saturated heterocycles. The molecule has 0 unspecified atom stereocenters. The van der Waals surface area contributed by atoms with Crippen LogP contribution >= 0.6 is 0 Å². The standard InChI is InChI=1S/C46H80N2O6/c1-3-5-7-9-11-13-15-17-19-21-23-25-27-29-31-33-45(51)53-39-37-48(44(50)42-47-36-35-43(49)41-47)38-40-54-46(52)34-32-30-28-26-24-22-20-18-16-14-12-10-8-6-4-2/h11-14,17-20,43,49H,3-10,15-16,21-42H2,1-2H3/b13-11-,14-12-,19-17-,20-18-/t43-/m1/s1. The van der Waals surface area contributed by atoms with Gasteiger partial charge >= 0.3 is 11.9 Å². The molecule has 0 bridgehead atoms. The smallest absolute Gasteiger partial charge is 0.305 e. The minimum atomic E-state index is -0.406. The lowest BCUT2D eigenvalue weighted by molar-refractivity contribution is -0.148. The molecular weight excluding hydrogens is 677 g/mol. The van der Waals surface area contributed by atoms with Crippen molar-refractivity contribution in [2.75, 3.05) is 45.9 Å². The summed E-state index contributed by atoms with van der Waals surface area (Å²) in [5.41, 5.74) is 0. The summed E-state index contributed by atoms with van der Waals surface area (Å²) in [5, 5.41) is 9.87. The summed E-state index contributed by atoms with van der Waals surface area (Å²) in [5.74, 6) is -0.585. The number of nitrogens with zero attached hydrogens (tertiary/aromatic N) is 2. The van der Waals surface area contributed by atoms with Crippen molar-refractivity contribution < 1.29 is 29.0 Å². The average Bonchev–Trinajstić information content (AvgIpc) is 3.57. The number of likely N-dealkylation sites (tertiary alicyclic amines) is 1. The first-order valence-electron chi connectivity index (χ1n) is 22.1. The van der Waals surface area contributed by atoms with Gasteiger partial charge in [-0.2, -0.15) is 0 Å². The van der Waals surface area contributed by atoms with E-state index in [1.807, 2.05) is 4.90 Å². The maximum atomic E-state index is 13.1. The van der Waals surface area contributed by atoms with Crippen molar-refractivity contribution in [3.63, 3.8) is 0 Å². The molecular formula is C46H80N2O6. The van der Waals surface area contributed by atoms with E-state index in [2.05, 4.69) is 62.5 Å². The molecule has 1 aliphatic heterocycles. The van der Waals surface area contributed by atoms with E-state index in [4.69, 9.17) is 9.47 Å². The monoisotopic (exact) mass is 757 g/mol.